The number of aromatic hydroxyl groups is 1. The van der Waals surface area contributed by atoms with Gasteiger partial charge in [-0.25, -0.2) is 0 Å². The van der Waals surface area contributed by atoms with Crippen molar-refractivity contribution in [2.24, 2.45) is 0 Å². The Morgan fingerprint density at radius 2 is 1.76 bits per heavy atom. The Labute approximate surface area is 109 Å². The summed E-state index contributed by atoms with van der Waals surface area (Å²) in [5.74, 6) is 0.308. The van der Waals surface area contributed by atoms with Crippen LogP contribution in [0.25, 0.3) is 11.1 Å². The molecule has 1 aliphatic rings. The fraction of sp³-hybridized carbons (Fsp3) is 0.200. The van der Waals surface area contributed by atoms with Crippen molar-refractivity contribution in [2.75, 3.05) is 0 Å². The van der Waals surface area contributed by atoms with E-state index in [2.05, 4.69) is 48.0 Å². The quantitative estimate of drug-likeness (QED) is 0.759. The van der Waals surface area contributed by atoms with Crippen molar-refractivity contribution in [1.82, 2.24) is 0 Å². The number of fused-ring (bicyclic) bond motifs is 3. The minimum absolute atomic E-state index is 0.0154. The summed E-state index contributed by atoms with van der Waals surface area (Å²) in [7, 11) is 0. The van der Waals surface area contributed by atoms with Gasteiger partial charge < -0.3 is 5.11 Å². The van der Waals surface area contributed by atoms with Crippen LogP contribution in [0.5, 0.6) is 5.75 Å². The first kappa shape index (κ1) is 10.8. The summed E-state index contributed by atoms with van der Waals surface area (Å²) in [6.07, 6.45) is 0. The van der Waals surface area contributed by atoms with Gasteiger partial charge in [0.15, 0.2) is 0 Å². The normalized spacial score (nSPS) is 15.5. The molecule has 0 saturated carbocycles. The molecule has 0 atom stereocenters. The van der Waals surface area contributed by atoms with E-state index in [0.717, 1.165) is 10.0 Å². The lowest BCUT2D eigenvalue weighted by Crippen LogP contribution is -2.15. The average molecular weight is 289 g/mol. The topological polar surface area (TPSA) is 20.2 Å². The van der Waals surface area contributed by atoms with Crippen LogP contribution in [0.1, 0.15) is 25.0 Å². The molecule has 0 fully saturated rings. The van der Waals surface area contributed by atoms with E-state index in [1.165, 1.54) is 16.7 Å². The molecule has 2 aromatic rings. The number of hydrogen-bond acceptors (Lipinski definition) is 1. The van der Waals surface area contributed by atoms with Crippen molar-refractivity contribution in [3.8, 4) is 16.9 Å². The van der Waals surface area contributed by atoms with Crippen LogP contribution in [0, 0.1) is 0 Å². The Kier molecular flexibility index (Phi) is 2.14. The van der Waals surface area contributed by atoms with Gasteiger partial charge in [0, 0.05) is 9.89 Å². The Bertz CT molecular complexity index is 614. The summed E-state index contributed by atoms with van der Waals surface area (Å²) >= 11 is 3.57. The first-order chi connectivity index (χ1) is 8.01. The molecule has 0 aromatic heterocycles. The molecule has 1 aliphatic carbocycles. The summed E-state index contributed by atoms with van der Waals surface area (Å²) < 4.78 is 0.980. The fourth-order valence-electron chi connectivity index (χ4n) is 2.84. The Hall–Kier alpha value is -1.28. The SMILES string of the molecule is CC1(C)c2ccccc2-c2cc(O)cc(Br)c21. The van der Waals surface area contributed by atoms with Crippen LogP contribution in [0.15, 0.2) is 40.9 Å². The van der Waals surface area contributed by atoms with E-state index in [9.17, 15) is 5.11 Å². The third-order valence-corrected chi connectivity index (χ3v) is 4.22. The molecule has 0 unspecified atom stereocenters. The molecule has 86 valence electrons. The number of hydrogen-bond donors (Lipinski definition) is 1. The number of rotatable bonds is 0. The standard InChI is InChI=1S/C15H13BrO/c1-15(2)12-6-4-3-5-10(12)11-7-9(17)8-13(16)14(11)15/h3-8,17H,1-2H3. The number of phenols is 1. The predicted octanol–water partition coefficient (Wildman–Crippen LogP) is 4.46. The summed E-state index contributed by atoms with van der Waals surface area (Å²) in [6, 6.07) is 12.0. The molecule has 0 radical (unpaired) electrons. The van der Waals surface area contributed by atoms with E-state index in [-0.39, 0.29) is 5.41 Å². The van der Waals surface area contributed by atoms with Crippen LogP contribution in [-0.4, -0.2) is 5.11 Å². The van der Waals surface area contributed by atoms with Gasteiger partial charge in [-0.3, -0.25) is 0 Å². The molecule has 17 heavy (non-hydrogen) atoms. The van der Waals surface area contributed by atoms with Crippen molar-refractivity contribution in [3.05, 3.63) is 52.0 Å². The van der Waals surface area contributed by atoms with Crippen molar-refractivity contribution in [3.63, 3.8) is 0 Å². The zero-order valence-electron chi connectivity index (χ0n) is 9.79. The van der Waals surface area contributed by atoms with Gasteiger partial charge in [-0.1, -0.05) is 54.0 Å². The lowest BCUT2D eigenvalue weighted by atomic mass is 9.82. The summed E-state index contributed by atoms with van der Waals surface area (Å²) in [6.45, 7) is 4.44. The van der Waals surface area contributed by atoms with Crippen LogP contribution in [0.2, 0.25) is 0 Å². The molecular weight excluding hydrogens is 276 g/mol. The number of phenolic OH excluding ortho intramolecular Hbond substituents is 1. The molecule has 0 amide bonds. The van der Waals surface area contributed by atoms with E-state index in [0.29, 0.717) is 5.75 Å². The molecule has 0 saturated heterocycles. The molecule has 0 heterocycles. The maximum atomic E-state index is 9.74. The van der Waals surface area contributed by atoms with Gasteiger partial charge in [0.1, 0.15) is 5.75 Å². The van der Waals surface area contributed by atoms with Crippen LogP contribution in [0.4, 0.5) is 0 Å². The highest BCUT2D eigenvalue weighted by atomic mass is 79.9. The molecule has 1 N–H and O–H groups in total. The Morgan fingerprint density at radius 3 is 2.53 bits per heavy atom. The third kappa shape index (κ3) is 1.37. The largest absolute Gasteiger partial charge is 0.508 e. The van der Waals surface area contributed by atoms with Crippen LogP contribution >= 0.6 is 15.9 Å². The molecule has 0 bridgehead atoms. The lowest BCUT2D eigenvalue weighted by molar-refractivity contribution is 0.474. The van der Waals surface area contributed by atoms with Gasteiger partial charge in [0.05, 0.1) is 0 Å². The predicted molar refractivity (Wildman–Crippen MR) is 73.4 cm³/mol. The third-order valence-electron chi connectivity index (χ3n) is 3.59. The molecule has 0 aliphatic heterocycles. The lowest BCUT2D eigenvalue weighted by Gasteiger charge is -2.22. The van der Waals surface area contributed by atoms with Gasteiger partial charge in [0.2, 0.25) is 0 Å². The highest BCUT2D eigenvalue weighted by molar-refractivity contribution is 9.10. The molecule has 1 nitrogen and oxygen atoms in total. The second-order valence-electron chi connectivity index (χ2n) is 5.02. The smallest absolute Gasteiger partial charge is 0.117 e. The maximum Gasteiger partial charge on any atom is 0.117 e. The monoisotopic (exact) mass is 288 g/mol. The highest BCUT2D eigenvalue weighted by Crippen LogP contribution is 2.52. The highest BCUT2D eigenvalue weighted by Gasteiger charge is 2.37. The Morgan fingerprint density at radius 1 is 1.06 bits per heavy atom. The first-order valence-corrected chi connectivity index (χ1v) is 6.44. The van der Waals surface area contributed by atoms with E-state index >= 15 is 0 Å². The molecule has 0 spiro atoms. The van der Waals surface area contributed by atoms with E-state index in [4.69, 9.17) is 0 Å². The Balaban J connectivity index is 2.44. The van der Waals surface area contributed by atoms with Crippen molar-refractivity contribution < 1.29 is 5.11 Å². The van der Waals surface area contributed by atoms with Crippen LogP contribution in [-0.2, 0) is 5.41 Å². The van der Waals surface area contributed by atoms with Gasteiger partial charge >= 0.3 is 0 Å². The van der Waals surface area contributed by atoms with Crippen molar-refractivity contribution in [2.45, 2.75) is 19.3 Å². The van der Waals surface area contributed by atoms with Crippen molar-refractivity contribution in [1.29, 1.82) is 0 Å². The second kappa shape index (κ2) is 3.36. The second-order valence-corrected chi connectivity index (χ2v) is 5.88. The zero-order valence-corrected chi connectivity index (χ0v) is 11.4. The minimum Gasteiger partial charge on any atom is -0.508 e. The number of benzene rings is 2. The minimum atomic E-state index is -0.0154. The van der Waals surface area contributed by atoms with Gasteiger partial charge in [-0.2, -0.15) is 0 Å². The van der Waals surface area contributed by atoms with E-state index in [1.54, 1.807) is 6.07 Å². The fourth-order valence-corrected chi connectivity index (χ4v) is 3.78. The molecule has 2 heteroatoms. The van der Waals surface area contributed by atoms with Crippen molar-refractivity contribution >= 4 is 15.9 Å². The van der Waals surface area contributed by atoms with E-state index < -0.39 is 0 Å². The first-order valence-electron chi connectivity index (χ1n) is 5.64. The van der Waals surface area contributed by atoms with E-state index in [1.807, 2.05) is 12.1 Å². The maximum absolute atomic E-state index is 9.74. The zero-order chi connectivity index (χ0) is 12.2. The molecular formula is C15H13BrO. The van der Waals surface area contributed by atoms with Gasteiger partial charge in [-0.15, -0.1) is 0 Å². The van der Waals surface area contributed by atoms with Crippen LogP contribution in [0.3, 0.4) is 0 Å². The molecule has 2 aromatic carbocycles. The molecule has 3 rings (SSSR count). The van der Waals surface area contributed by atoms with Gasteiger partial charge in [-0.05, 0) is 34.4 Å². The number of halogens is 1. The van der Waals surface area contributed by atoms with Crippen LogP contribution < -0.4 is 0 Å². The summed E-state index contributed by atoms with van der Waals surface area (Å²) in [5, 5.41) is 9.74. The van der Waals surface area contributed by atoms with Gasteiger partial charge in [0.25, 0.3) is 0 Å². The average Bonchev–Trinajstić information content (AvgIpc) is 2.49. The summed E-state index contributed by atoms with van der Waals surface area (Å²) in [4.78, 5) is 0. The summed E-state index contributed by atoms with van der Waals surface area (Å²) in [5.41, 5.74) is 4.93.